The van der Waals surface area contributed by atoms with E-state index in [1.165, 1.54) is 37.0 Å². The first-order chi connectivity index (χ1) is 5.97. The molecule has 1 N–H and O–H groups in total. The Kier molecular flexibility index (Phi) is 3.61. The van der Waals surface area contributed by atoms with Crippen molar-refractivity contribution in [2.24, 2.45) is 0 Å². The van der Waals surface area contributed by atoms with Crippen LogP contribution in [-0.4, -0.2) is 36.7 Å². The summed E-state index contributed by atoms with van der Waals surface area (Å²) in [6.45, 7) is 8.24. The van der Waals surface area contributed by atoms with Gasteiger partial charge in [-0.05, 0) is 25.6 Å². The molecular formula is C10H22ClN2+. The third kappa shape index (κ3) is 3.45. The minimum atomic E-state index is 0.0748. The third-order valence-corrected chi connectivity index (χ3v) is 3.69. The molecule has 0 aromatic heterocycles. The smallest absolute Gasteiger partial charge is 0.0802 e. The van der Waals surface area contributed by atoms with Gasteiger partial charge in [0.2, 0.25) is 0 Å². The predicted octanol–water partition coefficient (Wildman–Crippen LogP) is 2.14. The van der Waals surface area contributed by atoms with Gasteiger partial charge in [0.05, 0.1) is 26.7 Å². The van der Waals surface area contributed by atoms with Gasteiger partial charge in [0, 0.05) is 24.8 Å². The lowest BCUT2D eigenvalue weighted by molar-refractivity contribution is -0.898. The molecule has 1 aliphatic heterocycles. The summed E-state index contributed by atoms with van der Waals surface area (Å²) < 4.78 is 1.24. The molecule has 1 heterocycles. The van der Waals surface area contributed by atoms with Gasteiger partial charge in [-0.3, -0.25) is 0 Å². The first-order valence-corrected chi connectivity index (χ1v) is 5.57. The summed E-state index contributed by atoms with van der Waals surface area (Å²) in [4.78, 5) is 2.84. The summed E-state index contributed by atoms with van der Waals surface area (Å²) in [7, 11) is 2.36. The normalized spacial score (nSPS) is 22.2. The zero-order chi connectivity index (χ0) is 9.95. The Bertz CT molecular complexity index is 162. The highest BCUT2D eigenvalue weighted by molar-refractivity contribution is 6.13. The van der Waals surface area contributed by atoms with Gasteiger partial charge in [-0.2, -0.15) is 0 Å². The maximum atomic E-state index is 5.67. The Hall–Kier alpha value is 0.210. The van der Waals surface area contributed by atoms with Crippen LogP contribution >= 0.6 is 11.8 Å². The first-order valence-electron chi connectivity index (χ1n) is 5.19. The minimum Gasteiger partial charge on any atom is -0.326 e. The van der Waals surface area contributed by atoms with E-state index in [0.717, 1.165) is 6.42 Å². The largest absolute Gasteiger partial charge is 0.326 e. The molecule has 0 spiro atoms. The molecule has 0 amide bonds. The SMILES string of the molecule is CC(C)(CC[N+]1(C)CCCC1)NCl. The van der Waals surface area contributed by atoms with Crippen LogP contribution in [0.4, 0.5) is 0 Å². The molecule has 0 aromatic rings. The molecule has 0 unspecified atom stereocenters. The minimum absolute atomic E-state index is 0.0748. The van der Waals surface area contributed by atoms with Crippen molar-refractivity contribution in [3.8, 4) is 0 Å². The van der Waals surface area contributed by atoms with E-state index in [-0.39, 0.29) is 5.54 Å². The van der Waals surface area contributed by atoms with Gasteiger partial charge in [0.25, 0.3) is 0 Å². The van der Waals surface area contributed by atoms with Gasteiger partial charge in [0.1, 0.15) is 0 Å². The molecule has 1 aliphatic rings. The fraction of sp³-hybridized carbons (Fsp3) is 1.00. The van der Waals surface area contributed by atoms with Crippen molar-refractivity contribution in [1.29, 1.82) is 0 Å². The summed E-state index contributed by atoms with van der Waals surface area (Å²) >= 11 is 5.67. The molecule has 3 heteroatoms. The number of hydrogen-bond donors (Lipinski definition) is 1. The molecule has 78 valence electrons. The molecule has 0 atom stereocenters. The van der Waals surface area contributed by atoms with Crippen molar-refractivity contribution in [1.82, 2.24) is 4.84 Å². The van der Waals surface area contributed by atoms with E-state index >= 15 is 0 Å². The van der Waals surface area contributed by atoms with Crippen LogP contribution in [-0.2, 0) is 0 Å². The van der Waals surface area contributed by atoms with Gasteiger partial charge in [-0.1, -0.05) is 0 Å². The maximum Gasteiger partial charge on any atom is 0.0802 e. The van der Waals surface area contributed by atoms with E-state index in [4.69, 9.17) is 11.8 Å². The van der Waals surface area contributed by atoms with Crippen LogP contribution in [0.25, 0.3) is 0 Å². The molecular weight excluding hydrogens is 184 g/mol. The average molecular weight is 206 g/mol. The highest BCUT2D eigenvalue weighted by Crippen LogP contribution is 2.20. The Morgan fingerprint density at radius 1 is 1.31 bits per heavy atom. The van der Waals surface area contributed by atoms with Gasteiger partial charge in [-0.25, -0.2) is 4.84 Å². The maximum absolute atomic E-state index is 5.67. The molecule has 0 bridgehead atoms. The van der Waals surface area contributed by atoms with Crippen molar-refractivity contribution >= 4 is 11.8 Å². The van der Waals surface area contributed by atoms with E-state index in [1.807, 2.05) is 0 Å². The second-order valence-electron chi connectivity index (χ2n) is 5.23. The summed E-state index contributed by atoms with van der Waals surface area (Å²) in [6, 6.07) is 0. The third-order valence-electron chi connectivity index (χ3n) is 3.18. The molecule has 0 saturated carbocycles. The number of halogens is 1. The van der Waals surface area contributed by atoms with E-state index in [0.29, 0.717) is 0 Å². The Morgan fingerprint density at radius 3 is 2.31 bits per heavy atom. The van der Waals surface area contributed by atoms with Crippen LogP contribution in [0.3, 0.4) is 0 Å². The van der Waals surface area contributed by atoms with Crippen LogP contribution in [0.5, 0.6) is 0 Å². The van der Waals surface area contributed by atoms with Crippen LogP contribution < -0.4 is 4.84 Å². The Balaban J connectivity index is 2.32. The zero-order valence-corrected chi connectivity index (χ0v) is 9.82. The van der Waals surface area contributed by atoms with Crippen molar-refractivity contribution in [3.05, 3.63) is 0 Å². The van der Waals surface area contributed by atoms with Crippen LogP contribution in [0.1, 0.15) is 33.1 Å². The number of quaternary nitrogens is 1. The summed E-state index contributed by atoms with van der Waals surface area (Å²) in [5, 5.41) is 0. The molecule has 1 fully saturated rings. The predicted molar refractivity (Wildman–Crippen MR) is 57.7 cm³/mol. The summed E-state index contributed by atoms with van der Waals surface area (Å²) in [6.07, 6.45) is 3.93. The molecule has 2 nitrogen and oxygen atoms in total. The van der Waals surface area contributed by atoms with Crippen LogP contribution in [0.2, 0.25) is 0 Å². The number of hydrogen-bond acceptors (Lipinski definition) is 1. The zero-order valence-electron chi connectivity index (χ0n) is 9.07. The second kappa shape index (κ2) is 4.16. The van der Waals surface area contributed by atoms with Crippen molar-refractivity contribution in [2.75, 3.05) is 26.7 Å². The first kappa shape index (κ1) is 11.3. The highest BCUT2D eigenvalue weighted by Gasteiger charge is 2.29. The number of rotatable bonds is 4. The topological polar surface area (TPSA) is 12.0 Å². The monoisotopic (exact) mass is 205 g/mol. The molecule has 13 heavy (non-hydrogen) atoms. The van der Waals surface area contributed by atoms with Crippen LogP contribution in [0, 0.1) is 0 Å². The lowest BCUT2D eigenvalue weighted by Gasteiger charge is -2.33. The average Bonchev–Trinajstić information content (AvgIpc) is 2.50. The second-order valence-corrected chi connectivity index (χ2v) is 5.41. The summed E-state index contributed by atoms with van der Waals surface area (Å²) in [5.74, 6) is 0. The Labute approximate surface area is 87.0 Å². The van der Waals surface area contributed by atoms with Crippen molar-refractivity contribution in [2.45, 2.75) is 38.6 Å². The van der Waals surface area contributed by atoms with Gasteiger partial charge >= 0.3 is 0 Å². The number of likely N-dealkylation sites (tertiary alicyclic amines) is 1. The van der Waals surface area contributed by atoms with Crippen molar-refractivity contribution < 1.29 is 4.48 Å². The van der Waals surface area contributed by atoms with E-state index in [1.54, 1.807) is 0 Å². The molecule has 1 rings (SSSR count). The fourth-order valence-electron chi connectivity index (χ4n) is 1.92. The van der Waals surface area contributed by atoms with Gasteiger partial charge < -0.3 is 4.48 Å². The standard InChI is InChI=1S/C10H22ClN2/c1-10(2,12-11)6-9-13(3)7-4-5-8-13/h12H,4-9H2,1-3H3/q+1. The molecule has 0 aromatic carbocycles. The quantitative estimate of drug-likeness (QED) is 0.548. The van der Waals surface area contributed by atoms with E-state index in [9.17, 15) is 0 Å². The van der Waals surface area contributed by atoms with E-state index < -0.39 is 0 Å². The van der Waals surface area contributed by atoms with Crippen molar-refractivity contribution in [3.63, 3.8) is 0 Å². The fourth-order valence-corrected chi connectivity index (χ4v) is 2.01. The highest BCUT2D eigenvalue weighted by atomic mass is 35.5. The molecule has 0 aliphatic carbocycles. The van der Waals surface area contributed by atoms with E-state index in [2.05, 4.69) is 25.7 Å². The van der Waals surface area contributed by atoms with Gasteiger partial charge in [0.15, 0.2) is 0 Å². The van der Waals surface area contributed by atoms with Gasteiger partial charge in [-0.15, -0.1) is 0 Å². The molecule has 1 saturated heterocycles. The molecule has 0 radical (unpaired) electrons. The lowest BCUT2D eigenvalue weighted by Crippen LogP contribution is -2.46. The summed E-state index contributed by atoms with van der Waals surface area (Å²) in [5.41, 5.74) is 0.0748. The van der Waals surface area contributed by atoms with Crippen LogP contribution in [0.15, 0.2) is 0 Å². The lowest BCUT2D eigenvalue weighted by atomic mass is 10.0. The number of nitrogens with zero attached hydrogens (tertiary/aromatic N) is 1. The Morgan fingerprint density at radius 2 is 1.85 bits per heavy atom. The number of nitrogens with one attached hydrogen (secondary N) is 1.